The van der Waals surface area contributed by atoms with Gasteiger partial charge >= 0.3 is 0 Å². The second-order valence-electron chi connectivity index (χ2n) is 5.66. The fourth-order valence-electron chi connectivity index (χ4n) is 2.78. The van der Waals surface area contributed by atoms with Crippen LogP contribution in [0.5, 0.6) is 0 Å². The molecular weight excluding hydrogens is 228 g/mol. The number of rotatable bonds is 0. The molecule has 2 aliphatic rings. The number of aryl methyl sites for hydroxylation is 1. The number of carbonyl (C=O) groups is 1. The summed E-state index contributed by atoms with van der Waals surface area (Å²) in [6, 6.07) is 0. The van der Waals surface area contributed by atoms with Crippen LogP contribution in [0.2, 0.25) is 0 Å². The molecule has 1 aliphatic carbocycles. The molecule has 0 aromatic carbocycles. The van der Waals surface area contributed by atoms with Gasteiger partial charge in [-0.2, -0.15) is 0 Å². The molecule has 3 heteroatoms. The molecule has 0 saturated carbocycles. The van der Waals surface area contributed by atoms with Crippen molar-refractivity contribution in [1.82, 2.24) is 0 Å². The molecule has 1 unspecified atom stereocenters. The van der Waals surface area contributed by atoms with Gasteiger partial charge in [0.25, 0.3) is 0 Å². The Balaban J connectivity index is 2.05. The highest BCUT2D eigenvalue weighted by molar-refractivity contribution is 6.04. The molecule has 1 aromatic rings. The lowest BCUT2D eigenvalue weighted by Gasteiger charge is -2.08. The van der Waals surface area contributed by atoms with Crippen LogP contribution in [-0.4, -0.2) is 17.5 Å². The molecule has 1 aromatic heterocycles. The lowest BCUT2D eigenvalue weighted by atomic mass is 9.91. The SMILES string of the molecule is C/C1=C/CCC2(C)O[C@@H]2C(=O)c2c(C)coc2C1. The summed E-state index contributed by atoms with van der Waals surface area (Å²) in [5.74, 6) is 0.874. The molecule has 1 saturated heterocycles. The second-order valence-corrected chi connectivity index (χ2v) is 5.66. The van der Waals surface area contributed by atoms with E-state index in [1.807, 2.05) is 13.8 Å². The molecule has 0 amide bonds. The van der Waals surface area contributed by atoms with Crippen molar-refractivity contribution in [3.63, 3.8) is 0 Å². The molecule has 3 nitrogen and oxygen atoms in total. The van der Waals surface area contributed by atoms with Gasteiger partial charge in [0.15, 0.2) is 5.78 Å². The first-order valence-electron chi connectivity index (χ1n) is 6.46. The molecule has 0 spiro atoms. The van der Waals surface area contributed by atoms with Crippen LogP contribution in [0, 0.1) is 6.92 Å². The molecule has 1 aliphatic heterocycles. The van der Waals surface area contributed by atoms with Crippen LogP contribution < -0.4 is 0 Å². The first-order chi connectivity index (χ1) is 8.51. The van der Waals surface area contributed by atoms with Crippen LogP contribution >= 0.6 is 0 Å². The smallest absolute Gasteiger partial charge is 0.198 e. The summed E-state index contributed by atoms with van der Waals surface area (Å²) in [7, 11) is 0. The molecule has 2 atom stereocenters. The van der Waals surface area contributed by atoms with Crippen LogP contribution in [0.15, 0.2) is 22.3 Å². The van der Waals surface area contributed by atoms with Crippen LogP contribution in [-0.2, 0) is 11.2 Å². The van der Waals surface area contributed by atoms with E-state index in [0.717, 1.165) is 36.1 Å². The molecule has 0 radical (unpaired) electrons. The van der Waals surface area contributed by atoms with Gasteiger partial charge in [-0.05, 0) is 39.2 Å². The zero-order valence-corrected chi connectivity index (χ0v) is 11.1. The Hall–Kier alpha value is -1.35. The van der Waals surface area contributed by atoms with Crippen molar-refractivity contribution in [2.75, 3.05) is 0 Å². The van der Waals surface area contributed by atoms with Gasteiger partial charge in [-0.25, -0.2) is 0 Å². The maximum Gasteiger partial charge on any atom is 0.198 e. The van der Waals surface area contributed by atoms with E-state index < -0.39 is 0 Å². The van der Waals surface area contributed by atoms with E-state index in [0.29, 0.717) is 0 Å². The van der Waals surface area contributed by atoms with Crippen LogP contribution in [0.25, 0.3) is 0 Å². The Morgan fingerprint density at radius 2 is 2.17 bits per heavy atom. The highest BCUT2D eigenvalue weighted by Crippen LogP contribution is 2.43. The monoisotopic (exact) mass is 246 g/mol. The quantitative estimate of drug-likeness (QED) is 0.521. The lowest BCUT2D eigenvalue weighted by molar-refractivity contribution is 0.0951. The zero-order chi connectivity index (χ0) is 12.9. The van der Waals surface area contributed by atoms with Crippen LogP contribution in [0.4, 0.5) is 0 Å². The van der Waals surface area contributed by atoms with Gasteiger partial charge < -0.3 is 9.15 Å². The molecule has 18 heavy (non-hydrogen) atoms. The fraction of sp³-hybridized carbons (Fsp3) is 0.533. The maximum atomic E-state index is 12.5. The summed E-state index contributed by atoms with van der Waals surface area (Å²) in [5, 5.41) is 0. The average molecular weight is 246 g/mol. The molecule has 1 fully saturated rings. The number of furan rings is 1. The minimum atomic E-state index is -0.278. The van der Waals surface area contributed by atoms with Gasteiger partial charge in [-0.3, -0.25) is 4.79 Å². The van der Waals surface area contributed by atoms with Crippen LogP contribution in [0.1, 0.15) is 48.4 Å². The Morgan fingerprint density at radius 1 is 1.39 bits per heavy atom. The predicted molar refractivity (Wildman–Crippen MR) is 67.7 cm³/mol. The number of epoxide rings is 1. The summed E-state index contributed by atoms with van der Waals surface area (Å²) < 4.78 is 11.2. The summed E-state index contributed by atoms with van der Waals surface area (Å²) in [6.07, 6.45) is 6.21. The summed E-state index contributed by atoms with van der Waals surface area (Å²) >= 11 is 0. The van der Waals surface area contributed by atoms with Gasteiger partial charge in [-0.1, -0.05) is 11.6 Å². The van der Waals surface area contributed by atoms with E-state index in [1.165, 1.54) is 5.57 Å². The number of allylic oxidation sites excluding steroid dienone is 2. The van der Waals surface area contributed by atoms with Crippen molar-refractivity contribution in [2.24, 2.45) is 0 Å². The highest BCUT2D eigenvalue weighted by atomic mass is 16.6. The average Bonchev–Trinajstić information content (AvgIpc) is 2.84. The normalized spacial score (nSPS) is 34.3. The van der Waals surface area contributed by atoms with Crippen molar-refractivity contribution in [3.05, 3.63) is 34.8 Å². The van der Waals surface area contributed by atoms with Gasteiger partial charge in [0, 0.05) is 6.42 Å². The van der Waals surface area contributed by atoms with Crippen molar-refractivity contribution in [1.29, 1.82) is 0 Å². The van der Waals surface area contributed by atoms with E-state index in [2.05, 4.69) is 13.0 Å². The predicted octanol–water partition coefficient (Wildman–Crippen LogP) is 3.21. The highest BCUT2D eigenvalue weighted by Gasteiger charge is 2.56. The number of carbonyl (C=O) groups excluding carboxylic acids is 1. The minimum absolute atomic E-state index is 0.0912. The molecule has 0 N–H and O–H groups in total. The maximum absolute atomic E-state index is 12.5. The number of hydrogen-bond acceptors (Lipinski definition) is 3. The summed E-state index contributed by atoms with van der Waals surface area (Å²) in [6.45, 7) is 6.03. The van der Waals surface area contributed by atoms with Gasteiger partial charge in [0.1, 0.15) is 17.5 Å². The lowest BCUT2D eigenvalue weighted by Crippen LogP contribution is -2.20. The standard InChI is InChI=1S/C15H18O3/c1-9-5-4-6-15(3)14(18-15)13(16)12-10(2)8-17-11(12)7-9/h5,8,14H,4,6-7H2,1-3H3/b9-5-/t14-,15?/m1/s1. The Bertz CT molecular complexity index is 538. The van der Waals surface area contributed by atoms with E-state index in [-0.39, 0.29) is 17.5 Å². The topological polar surface area (TPSA) is 42.7 Å². The fourth-order valence-corrected chi connectivity index (χ4v) is 2.78. The first kappa shape index (κ1) is 11.7. The number of Topliss-reactive ketones (excluding diaryl/α,β-unsaturated/α-hetero) is 1. The van der Waals surface area contributed by atoms with Crippen molar-refractivity contribution < 1.29 is 13.9 Å². The van der Waals surface area contributed by atoms with Crippen LogP contribution in [0.3, 0.4) is 0 Å². The van der Waals surface area contributed by atoms with Crippen molar-refractivity contribution in [3.8, 4) is 0 Å². The third kappa shape index (κ3) is 1.74. The molecule has 2 heterocycles. The van der Waals surface area contributed by atoms with Crippen molar-refractivity contribution >= 4 is 5.78 Å². The van der Waals surface area contributed by atoms with E-state index in [9.17, 15) is 4.79 Å². The van der Waals surface area contributed by atoms with E-state index >= 15 is 0 Å². The first-order valence-corrected chi connectivity index (χ1v) is 6.46. The second kappa shape index (κ2) is 3.82. The van der Waals surface area contributed by atoms with Gasteiger partial charge in [0.05, 0.1) is 11.8 Å². The molecule has 3 rings (SSSR count). The van der Waals surface area contributed by atoms with E-state index in [4.69, 9.17) is 9.15 Å². The third-order valence-electron chi connectivity index (χ3n) is 3.99. The Labute approximate surface area is 107 Å². The Kier molecular flexibility index (Phi) is 2.49. The molecule has 0 bridgehead atoms. The minimum Gasteiger partial charge on any atom is -0.468 e. The summed E-state index contributed by atoms with van der Waals surface area (Å²) in [5.41, 5.74) is 2.63. The van der Waals surface area contributed by atoms with Gasteiger partial charge in [0.2, 0.25) is 0 Å². The van der Waals surface area contributed by atoms with Gasteiger partial charge in [-0.15, -0.1) is 0 Å². The summed E-state index contributed by atoms with van der Waals surface area (Å²) in [4.78, 5) is 12.5. The van der Waals surface area contributed by atoms with E-state index in [1.54, 1.807) is 6.26 Å². The molecular formula is C15H18O3. The number of hydrogen-bond donors (Lipinski definition) is 0. The number of ketones is 1. The third-order valence-corrected chi connectivity index (χ3v) is 3.99. The molecule has 96 valence electrons. The largest absolute Gasteiger partial charge is 0.468 e. The number of fused-ring (bicyclic) bond motifs is 2. The zero-order valence-electron chi connectivity index (χ0n) is 11.1. The van der Waals surface area contributed by atoms with Crippen molar-refractivity contribution in [2.45, 2.75) is 51.7 Å². The Morgan fingerprint density at radius 3 is 2.94 bits per heavy atom. The number of ether oxygens (including phenoxy) is 1.